The molecule has 0 aliphatic carbocycles. The Kier molecular flexibility index (Phi) is 9.12. The van der Waals surface area contributed by atoms with Gasteiger partial charge in [-0.1, -0.05) is 64.5 Å². The fourth-order valence-corrected chi connectivity index (χ4v) is 5.57. The quantitative estimate of drug-likeness (QED) is 0.227. The lowest BCUT2D eigenvalue weighted by molar-refractivity contribution is 0.0489. The predicted molar refractivity (Wildman–Crippen MR) is 148 cm³/mol. The van der Waals surface area contributed by atoms with Gasteiger partial charge in [0.2, 0.25) is 0 Å². The van der Waals surface area contributed by atoms with E-state index in [0.29, 0.717) is 44.1 Å². The molecule has 0 saturated carbocycles. The topological polar surface area (TPSA) is 59.1 Å². The van der Waals surface area contributed by atoms with Gasteiger partial charge in [0.1, 0.15) is 0 Å². The Bertz CT molecular complexity index is 1040. The van der Waals surface area contributed by atoms with Gasteiger partial charge < -0.3 is 19.3 Å². The molecule has 2 aliphatic heterocycles. The van der Waals surface area contributed by atoms with E-state index in [1.165, 1.54) is 0 Å². The zero-order valence-electron chi connectivity index (χ0n) is 23.0. The molecule has 0 atom stereocenters. The molecule has 0 fully saturated rings. The predicted octanol–water partition coefficient (Wildman–Crippen LogP) is 7.08. The van der Waals surface area contributed by atoms with E-state index in [4.69, 9.17) is 9.47 Å². The first kappa shape index (κ1) is 27.0. The van der Waals surface area contributed by atoms with Crippen LogP contribution in [0.5, 0.6) is 0 Å². The number of anilines is 2. The second-order valence-corrected chi connectivity index (χ2v) is 10.6. The maximum Gasteiger partial charge on any atom is 0.340 e. The van der Waals surface area contributed by atoms with Gasteiger partial charge >= 0.3 is 11.9 Å². The maximum absolute atomic E-state index is 13.1. The van der Waals surface area contributed by atoms with Crippen LogP contribution in [0.3, 0.4) is 0 Å². The van der Waals surface area contributed by atoms with Crippen LogP contribution in [0.1, 0.15) is 108 Å². The summed E-state index contributed by atoms with van der Waals surface area (Å²) in [6.45, 7) is 11.2. The molecule has 0 N–H and O–H groups in total. The SMILES string of the molecule is CCCCCCOC(=O)c1cc(C)cc2c1N1Cc3cc(C)cc(C(=O)OCCCCCC)c3N(C2)C1. The van der Waals surface area contributed by atoms with Crippen molar-refractivity contribution in [1.29, 1.82) is 0 Å². The van der Waals surface area contributed by atoms with E-state index in [1.54, 1.807) is 0 Å². The van der Waals surface area contributed by atoms with E-state index in [2.05, 4.69) is 35.8 Å². The summed E-state index contributed by atoms with van der Waals surface area (Å²) in [5.74, 6) is -0.487. The number of fused-ring (bicyclic) bond motifs is 6. The lowest BCUT2D eigenvalue weighted by Crippen LogP contribution is -2.47. The van der Waals surface area contributed by atoms with E-state index in [-0.39, 0.29) is 11.9 Å². The lowest BCUT2D eigenvalue weighted by atomic mass is 9.93. The molecular weight excluding hydrogens is 464 g/mol. The third-order valence-corrected chi connectivity index (χ3v) is 7.26. The van der Waals surface area contributed by atoms with Crippen molar-refractivity contribution in [3.63, 3.8) is 0 Å². The molecular formula is C31H42N2O4. The van der Waals surface area contributed by atoms with Crippen molar-refractivity contribution < 1.29 is 19.1 Å². The van der Waals surface area contributed by atoms with Gasteiger partial charge in [-0.2, -0.15) is 0 Å². The van der Waals surface area contributed by atoms with Gasteiger partial charge in [-0.3, -0.25) is 0 Å². The van der Waals surface area contributed by atoms with E-state index in [9.17, 15) is 9.59 Å². The van der Waals surface area contributed by atoms with Gasteiger partial charge in [-0.05, 0) is 61.1 Å². The Morgan fingerprint density at radius 2 is 1.11 bits per heavy atom. The minimum atomic E-state index is -0.243. The molecule has 0 amide bonds. The molecule has 2 aliphatic rings. The van der Waals surface area contributed by atoms with Crippen molar-refractivity contribution >= 4 is 23.3 Å². The molecule has 2 aromatic rings. The summed E-state index contributed by atoms with van der Waals surface area (Å²) in [7, 11) is 0. The molecule has 0 unspecified atom stereocenters. The van der Waals surface area contributed by atoms with Crippen LogP contribution in [0.15, 0.2) is 24.3 Å². The van der Waals surface area contributed by atoms with Crippen LogP contribution in [0.4, 0.5) is 11.4 Å². The van der Waals surface area contributed by atoms with Crippen LogP contribution >= 0.6 is 0 Å². The molecule has 0 radical (unpaired) electrons. The molecule has 4 rings (SSSR count). The van der Waals surface area contributed by atoms with E-state index in [1.807, 2.05) is 26.0 Å². The highest BCUT2D eigenvalue weighted by Gasteiger charge is 2.35. The van der Waals surface area contributed by atoms with E-state index < -0.39 is 0 Å². The first-order valence-electron chi connectivity index (χ1n) is 14.0. The average Bonchev–Trinajstić information content (AvgIpc) is 2.86. The fourth-order valence-electron chi connectivity index (χ4n) is 5.57. The molecule has 0 spiro atoms. The molecule has 6 nitrogen and oxygen atoms in total. The van der Waals surface area contributed by atoms with Gasteiger partial charge in [0.25, 0.3) is 0 Å². The minimum Gasteiger partial charge on any atom is -0.462 e. The van der Waals surface area contributed by atoms with Crippen molar-refractivity contribution in [2.24, 2.45) is 0 Å². The Morgan fingerprint density at radius 3 is 1.51 bits per heavy atom. The smallest absolute Gasteiger partial charge is 0.340 e. The largest absolute Gasteiger partial charge is 0.462 e. The normalized spacial score (nSPS) is 13.7. The van der Waals surface area contributed by atoms with Gasteiger partial charge in [-0.25, -0.2) is 9.59 Å². The van der Waals surface area contributed by atoms with Crippen LogP contribution in [0.2, 0.25) is 0 Å². The van der Waals surface area contributed by atoms with E-state index >= 15 is 0 Å². The highest BCUT2D eigenvalue weighted by atomic mass is 16.5. The molecule has 0 saturated heterocycles. The van der Waals surface area contributed by atoms with Crippen LogP contribution in [-0.2, 0) is 22.6 Å². The Hall–Kier alpha value is -3.02. The van der Waals surface area contributed by atoms with Crippen molar-refractivity contribution in [2.75, 3.05) is 29.7 Å². The number of esters is 2. The second kappa shape index (κ2) is 12.5. The monoisotopic (exact) mass is 506 g/mol. The van der Waals surface area contributed by atoms with Crippen LogP contribution < -0.4 is 9.80 Å². The second-order valence-electron chi connectivity index (χ2n) is 10.6. The summed E-state index contributed by atoms with van der Waals surface area (Å²) < 4.78 is 11.4. The number of carbonyl (C=O) groups is 2. The van der Waals surface area contributed by atoms with Gasteiger partial charge in [0.15, 0.2) is 0 Å². The molecule has 2 heterocycles. The maximum atomic E-state index is 13.1. The van der Waals surface area contributed by atoms with Crippen molar-refractivity contribution in [3.8, 4) is 0 Å². The number of nitrogens with zero attached hydrogens (tertiary/aromatic N) is 2. The fraction of sp³-hybridized carbons (Fsp3) is 0.548. The van der Waals surface area contributed by atoms with Crippen LogP contribution in [0, 0.1) is 13.8 Å². The van der Waals surface area contributed by atoms with Crippen LogP contribution in [-0.4, -0.2) is 31.8 Å². The molecule has 2 bridgehead atoms. The average molecular weight is 507 g/mol. The zero-order chi connectivity index (χ0) is 26.4. The van der Waals surface area contributed by atoms with Gasteiger partial charge in [0, 0.05) is 13.1 Å². The number of ether oxygens (including phenoxy) is 2. The van der Waals surface area contributed by atoms with Crippen molar-refractivity contribution in [3.05, 3.63) is 57.6 Å². The lowest BCUT2D eigenvalue weighted by Gasteiger charge is -2.46. The minimum absolute atomic E-state index is 0.243. The van der Waals surface area contributed by atoms with Crippen molar-refractivity contribution in [1.82, 2.24) is 0 Å². The Balaban J connectivity index is 1.56. The number of benzene rings is 2. The van der Waals surface area contributed by atoms with Crippen LogP contribution in [0.25, 0.3) is 0 Å². The summed E-state index contributed by atoms with van der Waals surface area (Å²) in [5, 5.41) is 0. The van der Waals surface area contributed by atoms with Gasteiger partial charge in [0.05, 0.1) is 42.4 Å². The summed E-state index contributed by atoms with van der Waals surface area (Å²) in [5.41, 5.74) is 7.48. The summed E-state index contributed by atoms with van der Waals surface area (Å²) in [4.78, 5) is 30.8. The number of aryl methyl sites for hydroxylation is 2. The molecule has 0 aromatic heterocycles. The molecule has 2 aromatic carbocycles. The standard InChI is InChI=1S/C31H42N2O4/c1-5-7-9-11-13-36-30(34)26-17-22(3)15-24-19-33-21-32(28(24)26)20-25-16-23(4)18-27(29(25)33)31(35)37-14-12-10-8-6-2/h15-18H,5-14,19-21H2,1-4H3. The first-order valence-corrected chi connectivity index (χ1v) is 14.0. The third-order valence-electron chi connectivity index (χ3n) is 7.26. The Morgan fingerprint density at radius 1 is 0.676 bits per heavy atom. The van der Waals surface area contributed by atoms with Gasteiger partial charge in [-0.15, -0.1) is 0 Å². The van der Waals surface area contributed by atoms with Crippen molar-refractivity contribution in [2.45, 2.75) is 92.2 Å². The first-order chi connectivity index (χ1) is 17.9. The number of hydrogen-bond acceptors (Lipinski definition) is 6. The number of rotatable bonds is 12. The summed E-state index contributed by atoms with van der Waals surface area (Å²) in [6.07, 6.45) is 8.59. The third kappa shape index (κ3) is 6.28. The molecule has 200 valence electrons. The molecule has 37 heavy (non-hydrogen) atoms. The number of carbonyl (C=O) groups excluding carboxylic acids is 2. The van der Waals surface area contributed by atoms with E-state index in [0.717, 1.165) is 85.0 Å². The molecule has 6 heteroatoms. The highest BCUT2D eigenvalue weighted by molar-refractivity contribution is 6.00. The zero-order valence-corrected chi connectivity index (χ0v) is 23.0. The summed E-state index contributed by atoms with van der Waals surface area (Å²) >= 11 is 0. The summed E-state index contributed by atoms with van der Waals surface area (Å²) in [6, 6.07) is 8.21. The number of hydrogen-bond donors (Lipinski definition) is 0. The Labute approximate surface area is 221 Å². The highest BCUT2D eigenvalue weighted by Crippen LogP contribution is 2.42. The number of unbranched alkanes of at least 4 members (excludes halogenated alkanes) is 6.